The summed E-state index contributed by atoms with van der Waals surface area (Å²) in [6.45, 7) is 1.69. The lowest BCUT2D eigenvalue weighted by atomic mass is 10.1. The van der Waals surface area contributed by atoms with E-state index in [0.29, 0.717) is 12.6 Å². The minimum atomic E-state index is 0.315. The van der Waals surface area contributed by atoms with Gasteiger partial charge in [0, 0.05) is 6.42 Å². The van der Waals surface area contributed by atoms with Crippen LogP contribution in [0.25, 0.3) is 0 Å². The van der Waals surface area contributed by atoms with Crippen LogP contribution < -0.4 is 11.1 Å². The zero-order chi connectivity index (χ0) is 9.80. The molecule has 0 spiro atoms. The van der Waals surface area contributed by atoms with Crippen LogP contribution in [0.1, 0.15) is 37.0 Å². The Morgan fingerprint density at radius 3 is 3.21 bits per heavy atom. The van der Waals surface area contributed by atoms with Crippen molar-refractivity contribution in [1.82, 2.24) is 10.3 Å². The first-order valence-electron chi connectivity index (χ1n) is 5.28. The van der Waals surface area contributed by atoms with E-state index in [1.54, 1.807) is 6.20 Å². The zero-order valence-electron chi connectivity index (χ0n) is 8.33. The summed E-state index contributed by atoms with van der Waals surface area (Å²) >= 11 is 0. The van der Waals surface area contributed by atoms with Gasteiger partial charge in [-0.15, -0.1) is 0 Å². The smallest absolute Gasteiger partial charge is 0.211 e. The Kier molecular flexibility index (Phi) is 3.16. The molecule has 1 aliphatic heterocycles. The van der Waals surface area contributed by atoms with E-state index in [4.69, 9.17) is 10.2 Å². The lowest BCUT2D eigenvalue weighted by molar-refractivity contribution is 0.329. The third-order valence-corrected chi connectivity index (χ3v) is 2.57. The molecule has 0 saturated carbocycles. The van der Waals surface area contributed by atoms with Gasteiger partial charge >= 0.3 is 0 Å². The summed E-state index contributed by atoms with van der Waals surface area (Å²) in [6, 6.07) is 0.315. The molecule has 1 aromatic heterocycles. The highest BCUT2D eigenvalue weighted by molar-refractivity contribution is 4.99. The molecule has 0 aliphatic carbocycles. The molecule has 2 heterocycles. The number of nitrogens with two attached hydrogens (primary N) is 1. The Balaban J connectivity index is 2.00. The summed E-state index contributed by atoms with van der Waals surface area (Å²) in [5, 5.41) is 3.40. The van der Waals surface area contributed by atoms with Crippen LogP contribution in [0.4, 0.5) is 0 Å². The van der Waals surface area contributed by atoms with Gasteiger partial charge in [0.1, 0.15) is 5.76 Å². The van der Waals surface area contributed by atoms with Crippen molar-refractivity contribution >= 4 is 0 Å². The number of piperidine rings is 1. The minimum absolute atomic E-state index is 0.315. The average molecular weight is 195 g/mol. The number of oxazole rings is 1. The van der Waals surface area contributed by atoms with Gasteiger partial charge in [-0.25, -0.2) is 4.98 Å². The molecule has 1 aliphatic rings. The number of hydrogen-bond donors (Lipinski definition) is 2. The lowest BCUT2D eigenvalue weighted by Gasteiger charge is -2.20. The first kappa shape index (κ1) is 9.68. The maximum absolute atomic E-state index is 5.61. The van der Waals surface area contributed by atoms with Gasteiger partial charge in [-0.3, -0.25) is 0 Å². The second-order valence-electron chi connectivity index (χ2n) is 3.71. The van der Waals surface area contributed by atoms with Crippen molar-refractivity contribution in [1.29, 1.82) is 0 Å². The quantitative estimate of drug-likeness (QED) is 0.755. The third kappa shape index (κ3) is 2.13. The standard InChI is InChI=1S/C10H17N3O/c11-5-4-8-7-13-10(14-8)9-3-1-2-6-12-9/h7,9,12H,1-6,11H2. The van der Waals surface area contributed by atoms with Gasteiger partial charge in [0.05, 0.1) is 12.2 Å². The molecular weight excluding hydrogens is 178 g/mol. The molecule has 78 valence electrons. The Morgan fingerprint density at radius 1 is 1.57 bits per heavy atom. The number of aromatic nitrogens is 1. The lowest BCUT2D eigenvalue weighted by Crippen LogP contribution is -2.26. The van der Waals surface area contributed by atoms with E-state index in [0.717, 1.165) is 31.0 Å². The van der Waals surface area contributed by atoms with Gasteiger partial charge < -0.3 is 15.5 Å². The summed E-state index contributed by atoms with van der Waals surface area (Å²) in [5.41, 5.74) is 5.44. The minimum Gasteiger partial charge on any atom is -0.444 e. The van der Waals surface area contributed by atoms with E-state index >= 15 is 0 Å². The molecule has 0 radical (unpaired) electrons. The molecule has 1 aromatic rings. The van der Waals surface area contributed by atoms with Crippen LogP contribution in [0.5, 0.6) is 0 Å². The fourth-order valence-electron chi connectivity index (χ4n) is 1.80. The van der Waals surface area contributed by atoms with Crippen molar-refractivity contribution in [2.24, 2.45) is 5.73 Å². The molecular formula is C10H17N3O. The normalized spacial score (nSPS) is 22.5. The summed E-state index contributed by atoms with van der Waals surface area (Å²) < 4.78 is 5.61. The average Bonchev–Trinajstić information content (AvgIpc) is 2.68. The Bertz CT molecular complexity index is 279. The molecule has 1 atom stereocenters. The van der Waals surface area contributed by atoms with Crippen molar-refractivity contribution in [3.8, 4) is 0 Å². The van der Waals surface area contributed by atoms with Crippen LogP contribution in [0.2, 0.25) is 0 Å². The molecule has 0 amide bonds. The molecule has 3 N–H and O–H groups in total. The highest BCUT2D eigenvalue weighted by Gasteiger charge is 2.19. The van der Waals surface area contributed by atoms with Gasteiger partial charge in [-0.1, -0.05) is 6.42 Å². The van der Waals surface area contributed by atoms with E-state index in [-0.39, 0.29) is 0 Å². The number of nitrogens with zero attached hydrogens (tertiary/aromatic N) is 1. The predicted octanol–water partition coefficient (Wildman–Crippen LogP) is 0.990. The van der Waals surface area contributed by atoms with Gasteiger partial charge in [0.2, 0.25) is 5.89 Å². The maximum atomic E-state index is 5.61. The largest absolute Gasteiger partial charge is 0.444 e. The van der Waals surface area contributed by atoms with Crippen molar-refractivity contribution in [2.45, 2.75) is 31.7 Å². The number of nitrogens with one attached hydrogen (secondary N) is 1. The Morgan fingerprint density at radius 2 is 2.50 bits per heavy atom. The fourth-order valence-corrected chi connectivity index (χ4v) is 1.80. The first-order chi connectivity index (χ1) is 6.90. The van der Waals surface area contributed by atoms with Gasteiger partial charge in [-0.2, -0.15) is 0 Å². The molecule has 4 heteroatoms. The highest BCUT2D eigenvalue weighted by Crippen LogP contribution is 2.22. The third-order valence-electron chi connectivity index (χ3n) is 2.57. The number of hydrogen-bond acceptors (Lipinski definition) is 4. The fraction of sp³-hybridized carbons (Fsp3) is 0.700. The molecule has 4 nitrogen and oxygen atoms in total. The topological polar surface area (TPSA) is 64.1 Å². The molecule has 1 fully saturated rings. The molecule has 0 bridgehead atoms. The van der Waals surface area contributed by atoms with Crippen LogP contribution in [-0.4, -0.2) is 18.1 Å². The summed E-state index contributed by atoms with van der Waals surface area (Å²) in [5.74, 6) is 1.73. The Labute approximate surface area is 83.9 Å². The van der Waals surface area contributed by atoms with Crippen molar-refractivity contribution in [2.75, 3.05) is 13.1 Å². The van der Waals surface area contributed by atoms with Crippen molar-refractivity contribution < 1.29 is 4.42 Å². The predicted molar refractivity (Wildman–Crippen MR) is 53.9 cm³/mol. The van der Waals surface area contributed by atoms with E-state index in [2.05, 4.69) is 10.3 Å². The SMILES string of the molecule is NCCc1cnc(C2CCCCN2)o1. The van der Waals surface area contributed by atoms with E-state index < -0.39 is 0 Å². The highest BCUT2D eigenvalue weighted by atomic mass is 16.4. The molecule has 14 heavy (non-hydrogen) atoms. The van der Waals surface area contributed by atoms with E-state index in [9.17, 15) is 0 Å². The van der Waals surface area contributed by atoms with Gasteiger partial charge in [0.25, 0.3) is 0 Å². The summed E-state index contributed by atoms with van der Waals surface area (Å²) in [6.07, 6.45) is 6.21. The van der Waals surface area contributed by atoms with E-state index in [1.165, 1.54) is 12.8 Å². The second kappa shape index (κ2) is 4.57. The van der Waals surface area contributed by atoms with Crippen LogP contribution in [-0.2, 0) is 6.42 Å². The zero-order valence-corrected chi connectivity index (χ0v) is 8.33. The van der Waals surface area contributed by atoms with Crippen LogP contribution in [0.15, 0.2) is 10.6 Å². The summed E-state index contributed by atoms with van der Waals surface area (Å²) in [7, 11) is 0. The monoisotopic (exact) mass is 195 g/mol. The molecule has 2 rings (SSSR count). The molecule has 0 aromatic carbocycles. The van der Waals surface area contributed by atoms with Gasteiger partial charge in [0.15, 0.2) is 0 Å². The second-order valence-corrected chi connectivity index (χ2v) is 3.71. The van der Waals surface area contributed by atoms with Gasteiger partial charge in [-0.05, 0) is 25.9 Å². The molecule has 1 saturated heterocycles. The van der Waals surface area contributed by atoms with Crippen LogP contribution in [0.3, 0.4) is 0 Å². The number of rotatable bonds is 3. The molecule has 1 unspecified atom stereocenters. The summed E-state index contributed by atoms with van der Waals surface area (Å²) in [4.78, 5) is 4.27. The first-order valence-corrected chi connectivity index (χ1v) is 5.28. The van der Waals surface area contributed by atoms with Crippen LogP contribution in [0, 0.1) is 0 Å². The van der Waals surface area contributed by atoms with E-state index in [1.807, 2.05) is 0 Å². The Hall–Kier alpha value is -0.870. The van der Waals surface area contributed by atoms with Crippen molar-refractivity contribution in [3.63, 3.8) is 0 Å². The van der Waals surface area contributed by atoms with Crippen molar-refractivity contribution in [3.05, 3.63) is 17.8 Å². The maximum Gasteiger partial charge on any atom is 0.211 e. The van der Waals surface area contributed by atoms with Crippen LogP contribution >= 0.6 is 0 Å².